The normalized spacial score (nSPS) is 18.9. The second-order valence-corrected chi connectivity index (χ2v) is 8.21. The summed E-state index contributed by atoms with van der Waals surface area (Å²) in [6.45, 7) is 2.83. The van der Waals surface area contributed by atoms with E-state index in [0.717, 1.165) is 23.4 Å². The van der Waals surface area contributed by atoms with Gasteiger partial charge in [-0.1, -0.05) is 0 Å². The monoisotopic (exact) mass is 463 g/mol. The zero-order valence-corrected chi connectivity index (χ0v) is 18.6. The molecule has 0 saturated carbocycles. The highest BCUT2D eigenvalue weighted by Gasteiger charge is 2.30. The van der Waals surface area contributed by atoms with Crippen LogP contribution in [0.15, 0.2) is 36.8 Å². The number of likely N-dealkylation sites (tertiary alicyclic amines) is 1. The lowest BCUT2D eigenvalue weighted by Crippen LogP contribution is -2.48. The second-order valence-electron chi connectivity index (χ2n) is 8.21. The quantitative estimate of drug-likeness (QED) is 0.301. The maximum absolute atomic E-state index is 14.9. The van der Waals surface area contributed by atoms with Crippen molar-refractivity contribution < 1.29 is 9.13 Å². The number of fused-ring (bicyclic) bond motifs is 2. The van der Waals surface area contributed by atoms with Gasteiger partial charge in [0.2, 0.25) is 5.95 Å². The highest BCUT2D eigenvalue weighted by Crippen LogP contribution is 2.28. The van der Waals surface area contributed by atoms with E-state index in [1.165, 1.54) is 0 Å². The SMILES string of the molecule is C#CCCOCCN1CC[C@H](Nc2nc(N)c3c(-c4ccc5nccn5n4)ccn3n2)[C@H](F)C1. The first-order chi connectivity index (χ1) is 16.6. The topological polar surface area (TPSA) is 111 Å². The van der Waals surface area contributed by atoms with E-state index >= 15 is 0 Å². The van der Waals surface area contributed by atoms with Crippen LogP contribution >= 0.6 is 0 Å². The number of halogens is 1. The molecule has 2 atom stereocenters. The standard InChI is InChI=1S/C23H26FN9O/c1-2-3-13-34-14-12-31-9-7-19(17(24)15-31)27-23-28-22(25)21-16(6-10-33(21)30-23)18-4-5-20-26-8-11-32(20)29-18/h1,4-6,8,10-11,17,19H,3,7,9,12-15H2,(H3,25,27,28,30)/t17-,19+/m1/s1. The number of anilines is 2. The number of aromatic nitrogens is 6. The lowest BCUT2D eigenvalue weighted by atomic mass is 10.0. The molecule has 11 heteroatoms. The summed E-state index contributed by atoms with van der Waals surface area (Å²) in [5.74, 6) is 3.13. The van der Waals surface area contributed by atoms with E-state index in [4.69, 9.17) is 16.9 Å². The summed E-state index contributed by atoms with van der Waals surface area (Å²) in [7, 11) is 0. The molecule has 0 aliphatic carbocycles. The Morgan fingerprint density at radius 1 is 1.21 bits per heavy atom. The molecule has 4 aromatic heterocycles. The summed E-state index contributed by atoms with van der Waals surface area (Å²) in [4.78, 5) is 10.7. The van der Waals surface area contributed by atoms with Crippen molar-refractivity contribution in [2.45, 2.75) is 25.1 Å². The Hall–Kier alpha value is -3.75. The average Bonchev–Trinajstić information content (AvgIpc) is 3.47. The maximum Gasteiger partial charge on any atom is 0.243 e. The van der Waals surface area contributed by atoms with Crippen LogP contribution in [0, 0.1) is 12.3 Å². The smallest absolute Gasteiger partial charge is 0.243 e. The predicted molar refractivity (Wildman–Crippen MR) is 127 cm³/mol. The van der Waals surface area contributed by atoms with Crippen LogP contribution in [0.25, 0.3) is 22.4 Å². The number of nitrogen functional groups attached to an aromatic ring is 1. The van der Waals surface area contributed by atoms with Gasteiger partial charge in [-0.25, -0.2) is 18.4 Å². The van der Waals surface area contributed by atoms with E-state index in [0.29, 0.717) is 56.4 Å². The van der Waals surface area contributed by atoms with E-state index in [2.05, 4.69) is 36.3 Å². The molecular weight excluding hydrogens is 437 g/mol. The van der Waals surface area contributed by atoms with Gasteiger partial charge in [0.15, 0.2) is 11.5 Å². The molecule has 0 radical (unpaired) electrons. The van der Waals surface area contributed by atoms with Crippen LogP contribution in [0.1, 0.15) is 12.8 Å². The third-order valence-electron chi connectivity index (χ3n) is 5.95. The predicted octanol–water partition coefficient (Wildman–Crippen LogP) is 1.89. The Kier molecular flexibility index (Phi) is 6.24. The Morgan fingerprint density at radius 3 is 2.97 bits per heavy atom. The first-order valence-corrected chi connectivity index (χ1v) is 11.2. The molecule has 176 valence electrons. The van der Waals surface area contributed by atoms with Gasteiger partial charge in [-0.05, 0) is 24.6 Å². The van der Waals surface area contributed by atoms with Crippen LogP contribution < -0.4 is 11.1 Å². The van der Waals surface area contributed by atoms with Gasteiger partial charge >= 0.3 is 0 Å². The largest absolute Gasteiger partial charge is 0.382 e. The Bertz CT molecular complexity index is 1330. The first-order valence-electron chi connectivity index (χ1n) is 11.2. The van der Waals surface area contributed by atoms with E-state index < -0.39 is 12.2 Å². The summed E-state index contributed by atoms with van der Waals surface area (Å²) >= 11 is 0. The highest BCUT2D eigenvalue weighted by atomic mass is 19.1. The number of nitrogens with one attached hydrogen (secondary N) is 1. The van der Waals surface area contributed by atoms with E-state index in [9.17, 15) is 4.39 Å². The summed E-state index contributed by atoms with van der Waals surface area (Å²) < 4.78 is 23.7. The van der Waals surface area contributed by atoms with Crippen molar-refractivity contribution in [3.63, 3.8) is 0 Å². The summed E-state index contributed by atoms with van der Waals surface area (Å²) in [6, 6.07) is 5.26. The number of piperidine rings is 1. The number of hydrogen-bond acceptors (Lipinski definition) is 8. The molecule has 3 N–H and O–H groups in total. The summed E-state index contributed by atoms with van der Waals surface area (Å²) in [6.07, 6.45) is 10.6. The molecule has 34 heavy (non-hydrogen) atoms. The third-order valence-corrected chi connectivity index (χ3v) is 5.95. The lowest BCUT2D eigenvalue weighted by molar-refractivity contribution is 0.0739. The number of nitrogens with zero attached hydrogens (tertiary/aromatic N) is 7. The minimum absolute atomic E-state index is 0.294. The zero-order valence-electron chi connectivity index (χ0n) is 18.6. The zero-order chi connectivity index (χ0) is 23.5. The minimum atomic E-state index is -1.06. The van der Waals surface area contributed by atoms with Crippen molar-refractivity contribution in [2.24, 2.45) is 0 Å². The van der Waals surface area contributed by atoms with Gasteiger partial charge in [0.1, 0.15) is 11.7 Å². The molecule has 5 heterocycles. The second kappa shape index (κ2) is 9.62. The van der Waals surface area contributed by atoms with E-state index in [1.54, 1.807) is 27.6 Å². The van der Waals surface area contributed by atoms with Crippen LogP contribution in [-0.2, 0) is 4.74 Å². The van der Waals surface area contributed by atoms with Gasteiger partial charge in [-0.15, -0.1) is 17.4 Å². The first kappa shape index (κ1) is 22.1. The van der Waals surface area contributed by atoms with Crippen molar-refractivity contribution in [1.29, 1.82) is 0 Å². The van der Waals surface area contributed by atoms with Gasteiger partial charge < -0.3 is 15.8 Å². The molecule has 0 aromatic carbocycles. The number of imidazole rings is 1. The molecule has 1 aliphatic rings. The van der Waals surface area contributed by atoms with Crippen LogP contribution in [0.3, 0.4) is 0 Å². The van der Waals surface area contributed by atoms with Gasteiger partial charge in [0, 0.05) is 50.2 Å². The molecule has 1 saturated heterocycles. The maximum atomic E-state index is 14.9. The molecule has 5 rings (SSSR count). The van der Waals surface area contributed by atoms with Crippen molar-refractivity contribution in [3.05, 3.63) is 36.8 Å². The number of ether oxygens (including phenoxy) is 1. The fraction of sp³-hybridized carbons (Fsp3) is 0.391. The van der Waals surface area contributed by atoms with E-state index in [-0.39, 0.29) is 0 Å². The fourth-order valence-electron chi connectivity index (χ4n) is 4.20. The van der Waals surface area contributed by atoms with Crippen molar-refractivity contribution in [1.82, 2.24) is 34.1 Å². The Morgan fingerprint density at radius 2 is 2.12 bits per heavy atom. The third kappa shape index (κ3) is 4.50. The summed E-state index contributed by atoms with van der Waals surface area (Å²) in [5.41, 5.74) is 9.23. The van der Waals surface area contributed by atoms with Crippen molar-refractivity contribution >= 4 is 22.9 Å². The molecule has 10 nitrogen and oxygen atoms in total. The van der Waals surface area contributed by atoms with Gasteiger partial charge in [0.25, 0.3) is 0 Å². The Labute approximate surface area is 195 Å². The number of hydrogen-bond donors (Lipinski definition) is 2. The van der Waals surface area contributed by atoms with Gasteiger partial charge in [0.05, 0.1) is 24.9 Å². The minimum Gasteiger partial charge on any atom is -0.382 e. The highest BCUT2D eigenvalue weighted by molar-refractivity contribution is 5.86. The van der Waals surface area contributed by atoms with Gasteiger partial charge in [-0.2, -0.15) is 10.1 Å². The average molecular weight is 464 g/mol. The Balaban J connectivity index is 1.26. The molecule has 0 bridgehead atoms. The molecule has 4 aromatic rings. The number of alkyl halides is 1. The molecule has 1 aliphatic heterocycles. The molecule has 1 fully saturated rings. The molecular formula is C23H26FN9O. The molecule has 0 unspecified atom stereocenters. The number of nitrogens with two attached hydrogens (primary N) is 1. The summed E-state index contributed by atoms with van der Waals surface area (Å²) in [5, 5.41) is 12.2. The van der Waals surface area contributed by atoms with Crippen LogP contribution in [-0.4, -0.2) is 79.2 Å². The lowest BCUT2D eigenvalue weighted by Gasteiger charge is -2.34. The van der Waals surface area contributed by atoms with E-state index in [1.807, 2.05) is 18.2 Å². The molecule has 0 amide bonds. The number of rotatable bonds is 8. The van der Waals surface area contributed by atoms with Crippen LogP contribution in [0.2, 0.25) is 0 Å². The molecule has 0 spiro atoms. The van der Waals surface area contributed by atoms with Crippen LogP contribution in [0.5, 0.6) is 0 Å². The van der Waals surface area contributed by atoms with Crippen LogP contribution in [0.4, 0.5) is 16.2 Å². The van der Waals surface area contributed by atoms with Crippen molar-refractivity contribution in [2.75, 3.05) is 43.9 Å². The van der Waals surface area contributed by atoms with Crippen molar-refractivity contribution in [3.8, 4) is 23.6 Å². The fourth-order valence-corrected chi connectivity index (χ4v) is 4.20. The van der Waals surface area contributed by atoms with Gasteiger partial charge in [-0.3, -0.25) is 4.90 Å². The number of terminal acetylenes is 1.